The summed E-state index contributed by atoms with van der Waals surface area (Å²) in [6.45, 7) is 2.02. The second-order valence-electron chi connectivity index (χ2n) is 6.11. The van der Waals surface area contributed by atoms with Crippen LogP contribution in [0.3, 0.4) is 0 Å². The first-order valence-electron chi connectivity index (χ1n) is 8.06. The molecule has 1 aromatic carbocycles. The normalized spacial score (nSPS) is 20.5. The third kappa shape index (κ3) is 2.46. The highest BCUT2D eigenvalue weighted by Gasteiger charge is 2.22. The van der Waals surface area contributed by atoms with Crippen LogP contribution in [0.1, 0.15) is 47.8 Å². The predicted molar refractivity (Wildman–Crippen MR) is 84.5 cm³/mol. The summed E-state index contributed by atoms with van der Waals surface area (Å²) in [6.07, 6.45) is 7.77. The monoisotopic (exact) mass is 282 g/mol. The Morgan fingerprint density at radius 1 is 1.19 bits per heavy atom. The molecule has 1 aliphatic carbocycles. The first kappa shape index (κ1) is 13.0. The molecule has 2 N–H and O–H groups in total. The Kier molecular flexibility index (Phi) is 3.44. The number of nitrogens with one attached hydrogen (secondary N) is 2. The third-order valence-electron chi connectivity index (χ3n) is 4.75. The molecule has 0 radical (unpaired) electrons. The zero-order valence-corrected chi connectivity index (χ0v) is 12.3. The van der Waals surface area contributed by atoms with Crippen molar-refractivity contribution in [1.82, 2.24) is 5.32 Å². The van der Waals surface area contributed by atoms with Gasteiger partial charge in [-0.3, -0.25) is 0 Å². The van der Waals surface area contributed by atoms with Crippen molar-refractivity contribution in [1.29, 1.82) is 0 Å². The van der Waals surface area contributed by atoms with Crippen molar-refractivity contribution >= 4 is 5.69 Å². The fourth-order valence-corrected chi connectivity index (χ4v) is 3.66. The van der Waals surface area contributed by atoms with Gasteiger partial charge in [0.05, 0.1) is 6.26 Å². The van der Waals surface area contributed by atoms with Gasteiger partial charge in [-0.05, 0) is 42.9 Å². The van der Waals surface area contributed by atoms with Gasteiger partial charge in [-0.15, -0.1) is 0 Å². The lowest BCUT2D eigenvalue weighted by Crippen LogP contribution is -2.25. The third-order valence-corrected chi connectivity index (χ3v) is 4.75. The molecule has 0 saturated carbocycles. The first-order valence-corrected chi connectivity index (χ1v) is 8.06. The SMILES string of the molecule is c1cc2c(c(CNC3CCCc4occc43)c1)NCCC2. The summed E-state index contributed by atoms with van der Waals surface area (Å²) in [5, 5.41) is 7.30. The molecule has 1 atom stereocenters. The second-order valence-corrected chi connectivity index (χ2v) is 6.11. The van der Waals surface area contributed by atoms with E-state index >= 15 is 0 Å². The van der Waals surface area contributed by atoms with E-state index in [0.717, 1.165) is 19.5 Å². The lowest BCUT2D eigenvalue weighted by atomic mass is 9.93. The van der Waals surface area contributed by atoms with Gasteiger partial charge in [0.15, 0.2) is 0 Å². The smallest absolute Gasteiger partial charge is 0.108 e. The molecule has 21 heavy (non-hydrogen) atoms. The van der Waals surface area contributed by atoms with Crippen molar-refractivity contribution in [3.05, 3.63) is 53.0 Å². The number of hydrogen-bond acceptors (Lipinski definition) is 3. The molecule has 1 aromatic heterocycles. The Bertz CT molecular complexity index is 632. The number of benzene rings is 1. The van der Waals surface area contributed by atoms with Crippen molar-refractivity contribution in [2.75, 3.05) is 11.9 Å². The molecule has 0 spiro atoms. The predicted octanol–water partition coefficient (Wildman–Crippen LogP) is 3.80. The van der Waals surface area contributed by atoms with E-state index in [-0.39, 0.29) is 0 Å². The van der Waals surface area contributed by atoms with Crippen molar-refractivity contribution < 1.29 is 4.42 Å². The zero-order chi connectivity index (χ0) is 14.1. The van der Waals surface area contributed by atoms with Gasteiger partial charge >= 0.3 is 0 Å². The average molecular weight is 282 g/mol. The summed E-state index contributed by atoms with van der Waals surface area (Å²) in [4.78, 5) is 0. The summed E-state index contributed by atoms with van der Waals surface area (Å²) in [5.74, 6) is 1.17. The topological polar surface area (TPSA) is 37.2 Å². The lowest BCUT2D eigenvalue weighted by Gasteiger charge is -2.25. The van der Waals surface area contributed by atoms with Crippen LogP contribution in [0.5, 0.6) is 0 Å². The molecule has 0 amide bonds. The van der Waals surface area contributed by atoms with Gasteiger partial charge in [0.1, 0.15) is 5.76 Å². The molecule has 0 fully saturated rings. The molecule has 110 valence electrons. The van der Waals surface area contributed by atoms with Gasteiger partial charge in [0.25, 0.3) is 0 Å². The molecule has 0 bridgehead atoms. The quantitative estimate of drug-likeness (QED) is 0.899. The van der Waals surface area contributed by atoms with E-state index in [0.29, 0.717) is 6.04 Å². The Morgan fingerprint density at radius 2 is 2.19 bits per heavy atom. The average Bonchev–Trinajstić information content (AvgIpc) is 3.02. The van der Waals surface area contributed by atoms with Crippen LogP contribution in [0.25, 0.3) is 0 Å². The molecule has 2 aromatic rings. The van der Waals surface area contributed by atoms with Crippen molar-refractivity contribution in [3.63, 3.8) is 0 Å². The first-order chi connectivity index (χ1) is 10.4. The zero-order valence-electron chi connectivity index (χ0n) is 12.3. The number of fused-ring (bicyclic) bond motifs is 2. The number of anilines is 1. The molecule has 4 rings (SSSR count). The minimum absolute atomic E-state index is 0.437. The molecule has 2 aliphatic rings. The van der Waals surface area contributed by atoms with E-state index in [1.807, 2.05) is 6.26 Å². The number of para-hydroxylation sites is 1. The number of hydrogen-bond donors (Lipinski definition) is 2. The van der Waals surface area contributed by atoms with Crippen LogP contribution >= 0.6 is 0 Å². The van der Waals surface area contributed by atoms with Crippen LogP contribution in [0.2, 0.25) is 0 Å². The Balaban J connectivity index is 1.51. The van der Waals surface area contributed by atoms with Crippen LogP contribution in [-0.4, -0.2) is 6.54 Å². The molecular formula is C18H22N2O. The maximum Gasteiger partial charge on any atom is 0.108 e. The Morgan fingerprint density at radius 3 is 3.19 bits per heavy atom. The number of rotatable bonds is 3. The van der Waals surface area contributed by atoms with Crippen molar-refractivity contribution in [2.45, 2.75) is 44.7 Å². The van der Waals surface area contributed by atoms with Crippen LogP contribution in [0.15, 0.2) is 34.9 Å². The van der Waals surface area contributed by atoms with Gasteiger partial charge in [0.2, 0.25) is 0 Å². The van der Waals surface area contributed by atoms with E-state index in [1.165, 1.54) is 53.8 Å². The van der Waals surface area contributed by atoms with E-state index in [1.54, 1.807) is 0 Å². The summed E-state index contributed by atoms with van der Waals surface area (Å²) in [6, 6.07) is 9.24. The minimum Gasteiger partial charge on any atom is -0.469 e. The minimum atomic E-state index is 0.437. The molecule has 3 heteroatoms. The van der Waals surface area contributed by atoms with Gasteiger partial charge in [0, 0.05) is 36.8 Å². The van der Waals surface area contributed by atoms with Gasteiger partial charge in [-0.25, -0.2) is 0 Å². The highest BCUT2D eigenvalue weighted by molar-refractivity contribution is 5.59. The van der Waals surface area contributed by atoms with E-state index in [2.05, 4.69) is 34.9 Å². The molecule has 1 aliphatic heterocycles. The lowest BCUT2D eigenvalue weighted by molar-refractivity contribution is 0.411. The number of aryl methyl sites for hydroxylation is 2. The summed E-state index contributed by atoms with van der Waals surface area (Å²) >= 11 is 0. The van der Waals surface area contributed by atoms with Crippen LogP contribution in [-0.2, 0) is 19.4 Å². The summed E-state index contributed by atoms with van der Waals surface area (Å²) in [7, 11) is 0. The van der Waals surface area contributed by atoms with Crippen molar-refractivity contribution in [3.8, 4) is 0 Å². The van der Waals surface area contributed by atoms with Gasteiger partial charge in [-0.1, -0.05) is 18.2 Å². The van der Waals surface area contributed by atoms with Crippen LogP contribution < -0.4 is 10.6 Å². The second kappa shape index (κ2) is 5.57. The fourth-order valence-electron chi connectivity index (χ4n) is 3.66. The van der Waals surface area contributed by atoms with E-state index in [4.69, 9.17) is 4.42 Å². The maximum absolute atomic E-state index is 5.58. The summed E-state index contributed by atoms with van der Waals surface area (Å²) in [5.41, 5.74) is 5.58. The van der Waals surface area contributed by atoms with Gasteiger partial charge < -0.3 is 15.1 Å². The molecular weight excluding hydrogens is 260 g/mol. The Hall–Kier alpha value is -1.74. The standard InChI is InChI=1S/C18H22N2O/c1-4-13-6-3-10-19-18(13)14(5-1)12-20-16-7-2-8-17-15(16)9-11-21-17/h1,4-5,9,11,16,19-20H,2-3,6-8,10,12H2. The highest BCUT2D eigenvalue weighted by atomic mass is 16.3. The fraction of sp³-hybridized carbons (Fsp3) is 0.444. The van der Waals surface area contributed by atoms with Gasteiger partial charge in [-0.2, -0.15) is 0 Å². The summed E-state index contributed by atoms with van der Waals surface area (Å²) < 4.78 is 5.58. The highest BCUT2D eigenvalue weighted by Crippen LogP contribution is 2.32. The molecule has 0 saturated heterocycles. The largest absolute Gasteiger partial charge is 0.469 e. The molecule has 1 unspecified atom stereocenters. The van der Waals surface area contributed by atoms with Crippen LogP contribution in [0.4, 0.5) is 5.69 Å². The van der Waals surface area contributed by atoms with E-state index in [9.17, 15) is 0 Å². The van der Waals surface area contributed by atoms with Crippen molar-refractivity contribution in [2.24, 2.45) is 0 Å². The molecule has 3 nitrogen and oxygen atoms in total. The van der Waals surface area contributed by atoms with E-state index < -0.39 is 0 Å². The number of furan rings is 1. The maximum atomic E-state index is 5.58. The molecule has 2 heterocycles. The van der Waals surface area contributed by atoms with Crippen LogP contribution in [0, 0.1) is 0 Å². The Labute approximate surface area is 125 Å².